The zero-order valence-electron chi connectivity index (χ0n) is 16.7. The van der Waals surface area contributed by atoms with Crippen LogP contribution in [-0.2, 0) is 6.42 Å². The molecule has 4 rings (SSSR count). The highest BCUT2D eigenvalue weighted by Crippen LogP contribution is 2.50. The predicted octanol–water partition coefficient (Wildman–Crippen LogP) is 4.86. The van der Waals surface area contributed by atoms with E-state index < -0.39 is 11.9 Å². The maximum Gasteiger partial charge on any atom is 0.352 e. The van der Waals surface area contributed by atoms with Crippen LogP contribution in [0.1, 0.15) is 80.3 Å². The van der Waals surface area contributed by atoms with Crippen LogP contribution < -0.4 is 0 Å². The second-order valence-corrected chi connectivity index (χ2v) is 7.67. The van der Waals surface area contributed by atoms with E-state index >= 15 is 0 Å². The normalized spacial score (nSPS) is 14.7. The number of unbranched alkanes of at least 4 members (excludes halogenated alkanes) is 1. The molecule has 0 spiro atoms. The number of carboxylic acid groups (broad SMARTS) is 2. The smallest absolute Gasteiger partial charge is 0.352 e. The van der Waals surface area contributed by atoms with E-state index in [2.05, 4.69) is 16.9 Å². The maximum atomic E-state index is 11.8. The molecule has 1 aliphatic carbocycles. The molecule has 150 valence electrons. The van der Waals surface area contributed by atoms with E-state index in [4.69, 9.17) is 0 Å². The van der Waals surface area contributed by atoms with Gasteiger partial charge in [0, 0.05) is 17.0 Å². The van der Waals surface area contributed by atoms with Gasteiger partial charge in [0.15, 0.2) is 0 Å². The van der Waals surface area contributed by atoms with Gasteiger partial charge >= 0.3 is 11.9 Å². The van der Waals surface area contributed by atoms with Crippen molar-refractivity contribution >= 4 is 11.9 Å². The first kappa shape index (κ1) is 19.1. The Hall–Kier alpha value is -3.28. The number of carbonyl (C=O) groups is 2. The molecule has 1 aromatic carbocycles. The van der Waals surface area contributed by atoms with E-state index in [0.29, 0.717) is 5.56 Å². The number of benzene rings is 1. The van der Waals surface area contributed by atoms with Gasteiger partial charge in [0.25, 0.3) is 0 Å². The molecule has 1 aliphatic rings. The van der Waals surface area contributed by atoms with Gasteiger partial charge in [0.1, 0.15) is 11.4 Å². The Kier molecular flexibility index (Phi) is 4.57. The van der Waals surface area contributed by atoms with Crippen LogP contribution in [0.5, 0.6) is 0 Å². The van der Waals surface area contributed by atoms with Gasteiger partial charge in [0.05, 0.1) is 5.92 Å². The van der Waals surface area contributed by atoms with Crippen molar-refractivity contribution in [3.8, 4) is 11.1 Å². The standard InChI is InChI=1S/C23H24N2O4/c1-4-5-8-13-11(2)18(22(26)27)24-20(13)17-15-10-7-6-9-14(15)16-12(3)19(23(28)29)25-21(16)17/h6-7,9-10,17,24-25H,4-5,8H2,1-3H3,(H,26,27)(H,28,29). The van der Waals surface area contributed by atoms with E-state index in [1.54, 1.807) is 0 Å². The molecule has 2 aromatic heterocycles. The van der Waals surface area contributed by atoms with Crippen LogP contribution in [-0.4, -0.2) is 32.1 Å². The second kappa shape index (κ2) is 6.95. The molecule has 0 saturated carbocycles. The minimum atomic E-state index is -0.992. The van der Waals surface area contributed by atoms with Gasteiger partial charge in [-0.15, -0.1) is 0 Å². The fraction of sp³-hybridized carbons (Fsp3) is 0.304. The van der Waals surface area contributed by atoms with E-state index in [0.717, 1.165) is 58.5 Å². The lowest BCUT2D eigenvalue weighted by molar-refractivity contribution is 0.0679. The molecule has 0 saturated heterocycles. The van der Waals surface area contributed by atoms with Crippen molar-refractivity contribution in [3.63, 3.8) is 0 Å². The average molecular weight is 392 g/mol. The molecular weight excluding hydrogens is 368 g/mol. The first-order chi connectivity index (χ1) is 13.9. The number of fused-ring (bicyclic) bond motifs is 3. The fourth-order valence-corrected chi connectivity index (χ4v) is 4.62. The number of carboxylic acids is 2. The SMILES string of the molecule is CCCCc1c(C2c3ccccc3-c3c2[nH]c(C(=O)O)c3C)[nH]c(C(=O)O)c1C. The minimum absolute atomic E-state index is 0.186. The van der Waals surface area contributed by atoms with Gasteiger partial charge < -0.3 is 20.2 Å². The molecule has 1 atom stereocenters. The monoisotopic (exact) mass is 392 g/mol. The highest BCUT2D eigenvalue weighted by atomic mass is 16.4. The van der Waals surface area contributed by atoms with E-state index in [-0.39, 0.29) is 17.3 Å². The summed E-state index contributed by atoms with van der Waals surface area (Å²) in [6, 6.07) is 7.94. The van der Waals surface area contributed by atoms with Crippen molar-refractivity contribution in [2.75, 3.05) is 0 Å². The fourth-order valence-electron chi connectivity index (χ4n) is 4.62. The molecule has 6 nitrogen and oxygen atoms in total. The van der Waals surface area contributed by atoms with Crippen LogP contribution in [0.25, 0.3) is 11.1 Å². The van der Waals surface area contributed by atoms with Crippen LogP contribution in [0.4, 0.5) is 0 Å². The maximum absolute atomic E-state index is 11.8. The Morgan fingerprint density at radius 3 is 2.24 bits per heavy atom. The molecule has 2 heterocycles. The third-order valence-electron chi connectivity index (χ3n) is 6.02. The molecule has 6 heteroatoms. The van der Waals surface area contributed by atoms with Crippen LogP contribution >= 0.6 is 0 Å². The summed E-state index contributed by atoms with van der Waals surface area (Å²) in [4.78, 5) is 29.8. The third kappa shape index (κ3) is 2.78. The Morgan fingerprint density at radius 1 is 0.966 bits per heavy atom. The summed E-state index contributed by atoms with van der Waals surface area (Å²) < 4.78 is 0. The number of aromatic amines is 2. The number of H-pyrrole nitrogens is 2. The molecule has 0 aliphatic heterocycles. The van der Waals surface area contributed by atoms with Gasteiger partial charge in [-0.05, 0) is 54.5 Å². The highest BCUT2D eigenvalue weighted by molar-refractivity contribution is 5.94. The van der Waals surface area contributed by atoms with Crippen LogP contribution in [0.2, 0.25) is 0 Å². The van der Waals surface area contributed by atoms with E-state index in [1.807, 2.05) is 38.1 Å². The van der Waals surface area contributed by atoms with Crippen molar-refractivity contribution in [1.82, 2.24) is 9.97 Å². The largest absolute Gasteiger partial charge is 0.477 e. The molecule has 0 fully saturated rings. The summed E-state index contributed by atoms with van der Waals surface area (Å²) in [6.45, 7) is 5.77. The lowest BCUT2D eigenvalue weighted by Gasteiger charge is -2.15. The zero-order chi connectivity index (χ0) is 20.9. The summed E-state index contributed by atoms with van der Waals surface area (Å²) in [5, 5.41) is 19.3. The summed E-state index contributed by atoms with van der Waals surface area (Å²) in [7, 11) is 0. The number of hydrogen-bond acceptors (Lipinski definition) is 2. The topological polar surface area (TPSA) is 106 Å². The van der Waals surface area contributed by atoms with Gasteiger partial charge in [-0.1, -0.05) is 37.6 Å². The lowest BCUT2D eigenvalue weighted by Crippen LogP contribution is -2.07. The summed E-state index contributed by atoms with van der Waals surface area (Å²) in [5.41, 5.74) is 7.51. The lowest BCUT2D eigenvalue weighted by atomic mass is 9.91. The molecule has 0 bridgehead atoms. The number of nitrogens with one attached hydrogen (secondary N) is 2. The van der Waals surface area contributed by atoms with Crippen molar-refractivity contribution in [3.05, 3.63) is 69.3 Å². The highest BCUT2D eigenvalue weighted by Gasteiger charge is 2.37. The molecular formula is C23H24N2O4. The average Bonchev–Trinajstić information content (AvgIpc) is 3.29. The zero-order valence-corrected chi connectivity index (χ0v) is 16.7. The molecule has 0 amide bonds. The molecule has 29 heavy (non-hydrogen) atoms. The van der Waals surface area contributed by atoms with Crippen LogP contribution in [0.3, 0.4) is 0 Å². The molecule has 0 radical (unpaired) electrons. The Morgan fingerprint density at radius 2 is 1.59 bits per heavy atom. The van der Waals surface area contributed by atoms with E-state index in [9.17, 15) is 19.8 Å². The van der Waals surface area contributed by atoms with Crippen molar-refractivity contribution in [2.24, 2.45) is 0 Å². The number of hydrogen-bond donors (Lipinski definition) is 4. The summed E-state index contributed by atoms with van der Waals surface area (Å²) >= 11 is 0. The van der Waals surface area contributed by atoms with Gasteiger partial charge in [-0.3, -0.25) is 0 Å². The van der Waals surface area contributed by atoms with E-state index in [1.165, 1.54) is 0 Å². The number of aromatic nitrogens is 2. The second-order valence-electron chi connectivity index (χ2n) is 7.67. The third-order valence-corrected chi connectivity index (χ3v) is 6.02. The van der Waals surface area contributed by atoms with Crippen LogP contribution in [0, 0.1) is 13.8 Å². The van der Waals surface area contributed by atoms with Gasteiger partial charge in [-0.2, -0.15) is 0 Å². The summed E-state index contributed by atoms with van der Waals surface area (Å²) in [5.74, 6) is -2.22. The van der Waals surface area contributed by atoms with Crippen LogP contribution in [0.15, 0.2) is 24.3 Å². The summed E-state index contributed by atoms with van der Waals surface area (Å²) in [6.07, 6.45) is 2.74. The quantitative estimate of drug-likeness (QED) is 0.376. The molecule has 3 aromatic rings. The number of aromatic carboxylic acids is 2. The minimum Gasteiger partial charge on any atom is -0.477 e. The van der Waals surface area contributed by atoms with Gasteiger partial charge in [-0.25, -0.2) is 9.59 Å². The Labute approximate surface area is 168 Å². The molecule has 4 N–H and O–H groups in total. The first-order valence-corrected chi connectivity index (χ1v) is 9.86. The van der Waals surface area contributed by atoms with Crippen molar-refractivity contribution in [1.29, 1.82) is 0 Å². The Balaban J connectivity index is 1.99. The predicted molar refractivity (Wildman–Crippen MR) is 110 cm³/mol. The first-order valence-electron chi connectivity index (χ1n) is 9.86. The van der Waals surface area contributed by atoms with Crippen molar-refractivity contribution in [2.45, 2.75) is 46.0 Å². The van der Waals surface area contributed by atoms with Crippen molar-refractivity contribution < 1.29 is 19.8 Å². The Bertz CT molecular complexity index is 1140. The number of rotatable bonds is 6. The van der Waals surface area contributed by atoms with Gasteiger partial charge in [0.2, 0.25) is 0 Å². The molecule has 1 unspecified atom stereocenters.